The number of nitrogens with zero attached hydrogens (tertiary/aromatic N) is 3. The van der Waals surface area contributed by atoms with Gasteiger partial charge in [-0.1, -0.05) is 30.3 Å². The number of rotatable bonds is 5. The molecule has 2 unspecified atom stereocenters. The van der Waals surface area contributed by atoms with Gasteiger partial charge in [0, 0.05) is 18.0 Å². The molecule has 106 valence electrons. The summed E-state index contributed by atoms with van der Waals surface area (Å²) in [7, 11) is 1.98. The lowest BCUT2D eigenvalue weighted by molar-refractivity contribution is 0.298. The molecule has 2 aromatic rings. The molecule has 3 rings (SSSR count). The number of ether oxygens (including phenoxy) is 1. The van der Waals surface area contributed by atoms with Crippen molar-refractivity contribution in [3.8, 4) is 5.75 Å². The SMILES string of the molecule is CCCn1nncc1C(NC)C1COc2ccccc21. The number of aryl methyl sites for hydroxylation is 1. The first kappa shape index (κ1) is 13.1. The minimum absolute atomic E-state index is 0.167. The first-order chi connectivity index (χ1) is 9.85. The third kappa shape index (κ3) is 2.18. The van der Waals surface area contributed by atoms with Gasteiger partial charge < -0.3 is 10.1 Å². The van der Waals surface area contributed by atoms with E-state index in [4.69, 9.17) is 4.74 Å². The van der Waals surface area contributed by atoms with Crippen LogP contribution in [-0.2, 0) is 6.54 Å². The van der Waals surface area contributed by atoms with Crippen LogP contribution in [-0.4, -0.2) is 28.6 Å². The van der Waals surface area contributed by atoms with E-state index in [1.165, 1.54) is 5.56 Å². The number of fused-ring (bicyclic) bond motifs is 1. The molecule has 0 saturated carbocycles. The van der Waals surface area contributed by atoms with E-state index in [2.05, 4.69) is 34.7 Å². The molecule has 2 atom stereocenters. The second-order valence-electron chi connectivity index (χ2n) is 5.10. The Bertz CT molecular complexity index is 581. The topological polar surface area (TPSA) is 52.0 Å². The van der Waals surface area contributed by atoms with Crippen LogP contribution < -0.4 is 10.1 Å². The van der Waals surface area contributed by atoms with E-state index >= 15 is 0 Å². The lowest BCUT2D eigenvalue weighted by Gasteiger charge is -2.22. The summed E-state index contributed by atoms with van der Waals surface area (Å²) in [4.78, 5) is 0. The monoisotopic (exact) mass is 272 g/mol. The van der Waals surface area contributed by atoms with Crippen LogP contribution in [0.3, 0.4) is 0 Å². The standard InChI is InChI=1S/C15H20N4O/c1-3-8-19-13(9-17-18-19)15(16-2)12-10-20-14-7-5-4-6-11(12)14/h4-7,9,12,15-16H,3,8,10H2,1-2H3. The molecule has 0 fully saturated rings. The molecular formula is C15H20N4O. The van der Waals surface area contributed by atoms with E-state index in [-0.39, 0.29) is 6.04 Å². The maximum atomic E-state index is 5.80. The minimum atomic E-state index is 0.167. The maximum absolute atomic E-state index is 5.80. The fourth-order valence-corrected chi connectivity index (χ4v) is 2.91. The first-order valence-electron chi connectivity index (χ1n) is 7.12. The molecule has 0 amide bonds. The van der Waals surface area contributed by atoms with Crippen molar-refractivity contribution >= 4 is 0 Å². The Hall–Kier alpha value is -1.88. The van der Waals surface area contributed by atoms with Crippen molar-refractivity contribution in [1.82, 2.24) is 20.3 Å². The molecule has 2 heterocycles. The molecule has 0 bridgehead atoms. The zero-order valence-electron chi connectivity index (χ0n) is 11.9. The van der Waals surface area contributed by atoms with Gasteiger partial charge in [-0.3, -0.25) is 0 Å². The predicted molar refractivity (Wildman–Crippen MR) is 76.8 cm³/mol. The Balaban J connectivity index is 1.93. The zero-order valence-corrected chi connectivity index (χ0v) is 11.9. The number of hydrogen-bond acceptors (Lipinski definition) is 4. The van der Waals surface area contributed by atoms with Gasteiger partial charge >= 0.3 is 0 Å². The molecule has 20 heavy (non-hydrogen) atoms. The Labute approximate surface area is 118 Å². The quantitative estimate of drug-likeness (QED) is 0.906. The van der Waals surface area contributed by atoms with Crippen LogP contribution in [0.2, 0.25) is 0 Å². The third-order valence-corrected chi connectivity index (χ3v) is 3.85. The summed E-state index contributed by atoms with van der Waals surface area (Å²) in [6, 6.07) is 8.42. The molecule has 1 aliphatic rings. The second-order valence-corrected chi connectivity index (χ2v) is 5.10. The molecule has 0 spiro atoms. The first-order valence-corrected chi connectivity index (χ1v) is 7.12. The summed E-state index contributed by atoms with van der Waals surface area (Å²) in [5.41, 5.74) is 2.38. The van der Waals surface area contributed by atoms with Crippen molar-refractivity contribution in [1.29, 1.82) is 0 Å². The fourth-order valence-electron chi connectivity index (χ4n) is 2.91. The summed E-state index contributed by atoms with van der Waals surface area (Å²) in [5.74, 6) is 1.29. The summed E-state index contributed by atoms with van der Waals surface area (Å²) in [6.45, 7) is 3.73. The van der Waals surface area contributed by atoms with E-state index < -0.39 is 0 Å². The van der Waals surface area contributed by atoms with Gasteiger partial charge in [0.05, 0.1) is 24.5 Å². The second kappa shape index (κ2) is 5.63. The molecule has 5 heteroatoms. The van der Waals surface area contributed by atoms with Gasteiger partial charge in [0.1, 0.15) is 5.75 Å². The molecule has 1 aromatic heterocycles. The molecular weight excluding hydrogens is 252 g/mol. The Morgan fingerprint density at radius 3 is 3.10 bits per heavy atom. The van der Waals surface area contributed by atoms with E-state index in [0.29, 0.717) is 12.5 Å². The van der Waals surface area contributed by atoms with Crippen LogP contribution in [0.15, 0.2) is 30.5 Å². The van der Waals surface area contributed by atoms with Gasteiger partial charge in [0.2, 0.25) is 0 Å². The lowest BCUT2D eigenvalue weighted by atomic mass is 9.91. The van der Waals surface area contributed by atoms with Gasteiger partial charge in [-0.25, -0.2) is 4.68 Å². The van der Waals surface area contributed by atoms with Crippen LogP contribution in [0.25, 0.3) is 0 Å². The van der Waals surface area contributed by atoms with Gasteiger partial charge in [0.25, 0.3) is 0 Å². The number of nitrogens with one attached hydrogen (secondary N) is 1. The molecule has 1 aromatic carbocycles. The Morgan fingerprint density at radius 2 is 2.30 bits per heavy atom. The van der Waals surface area contributed by atoms with Crippen molar-refractivity contribution in [3.63, 3.8) is 0 Å². The van der Waals surface area contributed by atoms with E-state index in [0.717, 1.165) is 24.4 Å². The number of para-hydroxylation sites is 1. The van der Waals surface area contributed by atoms with Crippen molar-refractivity contribution < 1.29 is 4.74 Å². The van der Waals surface area contributed by atoms with Crippen LogP contribution >= 0.6 is 0 Å². The highest BCUT2D eigenvalue weighted by Crippen LogP contribution is 2.40. The van der Waals surface area contributed by atoms with Gasteiger partial charge in [-0.15, -0.1) is 5.10 Å². The highest BCUT2D eigenvalue weighted by atomic mass is 16.5. The van der Waals surface area contributed by atoms with E-state index in [1.54, 1.807) is 0 Å². The number of likely N-dealkylation sites (N-methyl/N-ethyl adjacent to an activating group) is 1. The summed E-state index contributed by atoms with van der Waals surface area (Å²) in [5, 5.41) is 11.7. The van der Waals surface area contributed by atoms with Crippen molar-refractivity contribution in [2.75, 3.05) is 13.7 Å². The number of benzene rings is 1. The number of aromatic nitrogens is 3. The maximum Gasteiger partial charge on any atom is 0.122 e. The lowest BCUT2D eigenvalue weighted by Crippen LogP contribution is -2.27. The van der Waals surface area contributed by atoms with Crippen molar-refractivity contribution in [2.45, 2.75) is 31.8 Å². The highest BCUT2D eigenvalue weighted by molar-refractivity contribution is 5.41. The smallest absolute Gasteiger partial charge is 0.122 e. The molecule has 0 aliphatic carbocycles. The normalized spacial score (nSPS) is 18.6. The predicted octanol–water partition coefficient (Wildman–Crippen LogP) is 2.12. The zero-order chi connectivity index (χ0) is 13.9. The van der Waals surface area contributed by atoms with Crippen molar-refractivity contribution in [3.05, 3.63) is 41.7 Å². The number of hydrogen-bond donors (Lipinski definition) is 1. The Morgan fingerprint density at radius 1 is 1.45 bits per heavy atom. The van der Waals surface area contributed by atoms with E-state index in [1.807, 2.05) is 30.1 Å². The van der Waals surface area contributed by atoms with Crippen LogP contribution in [0, 0.1) is 0 Å². The van der Waals surface area contributed by atoms with Crippen LogP contribution in [0.4, 0.5) is 0 Å². The van der Waals surface area contributed by atoms with Crippen LogP contribution in [0.1, 0.15) is 36.6 Å². The van der Waals surface area contributed by atoms with Crippen LogP contribution in [0.5, 0.6) is 5.75 Å². The molecule has 5 nitrogen and oxygen atoms in total. The minimum Gasteiger partial charge on any atom is -0.493 e. The summed E-state index contributed by atoms with van der Waals surface area (Å²) in [6.07, 6.45) is 2.91. The molecule has 0 saturated heterocycles. The van der Waals surface area contributed by atoms with Gasteiger partial charge in [-0.2, -0.15) is 0 Å². The molecule has 1 aliphatic heterocycles. The molecule has 1 N–H and O–H groups in total. The summed E-state index contributed by atoms with van der Waals surface area (Å²) < 4.78 is 7.79. The van der Waals surface area contributed by atoms with Crippen molar-refractivity contribution in [2.24, 2.45) is 0 Å². The highest BCUT2D eigenvalue weighted by Gasteiger charge is 2.33. The third-order valence-electron chi connectivity index (χ3n) is 3.85. The van der Waals surface area contributed by atoms with E-state index in [9.17, 15) is 0 Å². The average molecular weight is 272 g/mol. The Kier molecular flexibility index (Phi) is 3.69. The fraction of sp³-hybridized carbons (Fsp3) is 0.467. The average Bonchev–Trinajstić information content (AvgIpc) is 3.09. The van der Waals surface area contributed by atoms with Gasteiger partial charge in [-0.05, 0) is 19.5 Å². The molecule has 0 radical (unpaired) electrons. The van der Waals surface area contributed by atoms with Gasteiger partial charge in [0.15, 0.2) is 0 Å². The summed E-state index contributed by atoms with van der Waals surface area (Å²) >= 11 is 0. The largest absolute Gasteiger partial charge is 0.493 e.